The Balaban J connectivity index is 2.00. The van der Waals surface area contributed by atoms with Crippen LogP contribution in [0.3, 0.4) is 0 Å². The largest absolute Gasteiger partial charge is 0.357 e. The number of benzene rings is 1. The van der Waals surface area contributed by atoms with E-state index in [0.29, 0.717) is 11.1 Å². The molecule has 10 heteroatoms. The van der Waals surface area contributed by atoms with Gasteiger partial charge in [-0.25, -0.2) is 9.18 Å². The van der Waals surface area contributed by atoms with Crippen LogP contribution in [-0.2, 0) is 19.6 Å². The molecule has 0 aliphatic rings. The fraction of sp³-hybridized carbons (Fsp3) is 0.250. The first kappa shape index (κ1) is 20.9. The minimum atomic E-state index is -0.938. The van der Waals surface area contributed by atoms with Crippen molar-refractivity contribution in [2.45, 2.75) is 33.5 Å². The summed E-state index contributed by atoms with van der Waals surface area (Å²) in [7, 11) is 0. The van der Waals surface area contributed by atoms with Crippen molar-refractivity contribution in [3.63, 3.8) is 0 Å². The zero-order chi connectivity index (χ0) is 21.8. The van der Waals surface area contributed by atoms with Gasteiger partial charge in [-0.1, -0.05) is 18.2 Å². The Kier molecular flexibility index (Phi) is 6.05. The first-order valence-corrected chi connectivity index (χ1v) is 9.33. The zero-order valence-electron chi connectivity index (χ0n) is 16.5. The molecule has 0 saturated carbocycles. The molecule has 0 unspecified atom stereocenters. The molecule has 9 nitrogen and oxygen atoms in total. The zero-order valence-corrected chi connectivity index (χ0v) is 16.5. The van der Waals surface area contributed by atoms with E-state index in [9.17, 15) is 24.1 Å². The van der Waals surface area contributed by atoms with Crippen molar-refractivity contribution in [2.24, 2.45) is 0 Å². The highest BCUT2D eigenvalue weighted by Crippen LogP contribution is 2.16. The summed E-state index contributed by atoms with van der Waals surface area (Å²) in [6, 6.07) is 6.34. The van der Waals surface area contributed by atoms with Crippen molar-refractivity contribution < 1.29 is 9.31 Å². The number of nitrogens with zero attached hydrogens (tertiary/aromatic N) is 5. The van der Waals surface area contributed by atoms with E-state index in [4.69, 9.17) is 0 Å². The minimum absolute atomic E-state index is 0.0331. The highest BCUT2D eigenvalue weighted by Gasteiger charge is 2.25. The van der Waals surface area contributed by atoms with Gasteiger partial charge in [0.25, 0.3) is 0 Å². The maximum Gasteiger partial charge on any atom is 0.357 e. The van der Waals surface area contributed by atoms with Gasteiger partial charge in [0, 0.05) is 30.4 Å². The van der Waals surface area contributed by atoms with Crippen LogP contribution in [0.5, 0.6) is 0 Å². The standard InChI is InChI=1S/C20H20FN5O4/c1-3-24-17(18(26(29)30)19(27)25(4-2)20(24)28)10-9-14-11-22-23(12-14)13-15-7-5-6-8-16(15)21/h5-12H,3-4,13H2,1-2H3. The van der Waals surface area contributed by atoms with Crippen LogP contribution in [0, 0.1) is 15.9 Å². The third-order valence-electron chi connectivity index (χ3n) is 4.64. The van der Waals surface area contributed by atoms with Crippen molar-refractivity contribution in [3.8, 4) is 0 Å². The lowest BCUT2D eigenvalue weighted by Gasteiger charge is -2.11. The van der Waals surface area contributed by atoms with Gasteiger partial charge < -0.3 is 0 Å². The first-order valence-electron chi connectivity index (χ1n) is 9.33. The normalized spacial score (nSPS) is 11.3. The molecule has 30 heavy (non-hydrogen) atoms. The molecule has 0 aliphatic carbocycles. The van der Waals surface area contributed by atoms with Gasteiger partial charge in [0.15, 0.2) is 0 Å². The molecule has 0 amide bonds. The van der Waals surface area contributed by atoms with Crippen LogP contribution in [0.25, 0.3) is 12.2 Å². The van der Waals surface area contributed by atoms with Gasteiger partial charge in [0.2, 0.25) is 0 Å². The van der Waals surface area contributed by atoms with E-state index in [0.717, 1.165) is 4.57 Å². The fourth-order valence-electron chi connectivity index (χ4n) is 3.15. The lowest BCUT2D eigenvalue weighted by molar-refractivity contribution is -0.387. The summed E-state index contributed by atoms with van der Waals surface area (Å²) in [4.78, 5) is 35.7. The highest BCUT2D eigenvalue weighted by molar-refractivity contribution is 5.71. The molecular weight excluding hydrogens is 393 g/mol. The third kappa shape index (κ3) is 3.97. The SMILES string of the molecule is CCn1c(C=Cc2cnn(Cc3ccccc3F)c2)c([N+](=O)[O-])c(=O)n(CC)c1=O. The number of aromatic nitrogens is 4. The second-order valence-corrected chi connectivity index (χ2v) is 6.46. The van der Waals surface area contributed by atoms with E-state index in [2.05, 4.69) is 5.10 Å². The second kappa shape index (κ2) is 8.68. The Hall–Kier alpha value is -3.82. The number of rotatable bonds is 7. The van der Waals surface area contributed by atoms with E-state index < -0.39 is 21.9 Å². The van der Waals surface area contributed by atoms with Crippen LogP contribution in [-0.4, -0.2) is 23.8 Å². The molecule has 0 spiro atoms. The van der Waals surface area contributed by atoms with Gasteiger partial charge in [-0.2, -0.15) is 5.10 Å². The van der Waals surface area contributed by atoms with Gasteiger partial charge in [-0.05, 0) is 32.1 Å². The molecule has 156 valence electrons. The van der Waals surface area contributed by atoms with Crippen molar-refractivity contribution in [1.82, 2.24) is 18.9 Å². The van der Waals surface area contributed by atoms with E-state index in [-0.39, 0.29) is 31.1 Å². The van der Waals surface area contributed by atoms with Gasteiger partial charge in [0.1, 0.15) is 11.5 Å². The first-order chi connectivity index (χ1) is 14.4. The Labute approximate surface area is 170 Å². The molecule has 3 rings (SSSR count). The Morgan fingerprint density at radius 2 is 1.83 bits per heavy atom. The molecule has 0 saturated heterocycles. The molecular formula is C20H20FN5O4. The van der Waals surface area contributed by atoms with Gasteiger partial charge in [-0.15, -0.1) is 0 Å². The molecule has 3 aromatic rings. The average molecular weight is 413 g/mol. The van der Waals surface area contributed by atoms with Gasteiger partial charge in [0.05, 0.1) is 17.7 Å². The second-order valence-electron chi connectivity index (χ2n) is 6.46. The lowest BCUT2D eigenvalue weighted by atomic mass is 10.2. The summed E-state index contributed by atoms with van der Waals surface area (Å²) in [5.74, 6) is -0.343. The van der Waals surface area contributed by atoms with Crippen molar-refractivity contribution in [1.29, 1.82) is 0 Å². The average Bonchev–Trinajstić information content (AvgIpc) is 3.15. The van der Waals surface area contributed by atoms with Crippen molar-refractivity contribution >= 4 is 17.8 Å². The number of hydrogen-bond donors (Lipinski definition) is 0. The predicted octanol–water partition coefficient (Wildman–Crippen LogP) is 2.51. The minimum Gasteiger partial charge on any atom is -0.288 e. The van der Waals surface area contributed by atoms with E-state index >= 15 is 0 Å². The Bertz CT molecular complexity index is 1240. The van der Waals surface area contributed by atoms with Crippen molar-refractivity contribution in [3.05, 3.63) is 90.2 Å². The maximum absolute atomic E-state index is 13.8. The molecule has 0 bridgehead atoms. The summed E-state index contributed by atoms with van der Waals surface area (Å²) in [5, 5.41) is 15.7. The monoisotopic (exact) mass is 413 g/mol. The maximum atomic E-state index is 13.8. The third-order valence-corrected chi connectivity index (χ3v) is 4.64. The summed E-state index contributed by atoms with van der Waals surface area (Å²) in [6.45, 7) is 3.65. The molecule has 2 heterocycles. The van der Waals surface area contributed by atoms with Crippen LogP contribution < -0.4 is 11.2 Å². The topological polar surface area (TPSA) is 105 Å². The van der Waals surface area contributed by atoms with E-state index in [1.165, 1.54) is 33.7 Å². The summed E-state index contributed by atoms with van der Waals surface area (Å²) >= 11 is 0. The van der Waals surface area contributed by atoms with E-state index in [1.54, 1.807) is 38.2 Å². The van der Waals surface area contributed by atoms with Crippen LogP contribution >= 0.6 is 0 Å². The van der Waals surface area contributed by atoms with Gasteiger partial charge in [-0.3, -0.25) is 28.7 Å². The molecule has 1 aromatic carbocycles. The van der Waals surface area contributed by atoms with Gasteiger partial charge >= 0.3 is 16.9 Å². The molecule has 0 N–H and O–H groups in total. The van der Waals surface area contributed by atoms with Crippen LogP contribution in [0.4, 0.5) is 10.1 Å². The molecule has 0 atom stereocenters. The summed E-state index contributed by atoms with van der Waals surface area (Å²) < 4.78 is 17.4. The van der Waals surface area contributed by atoms with E-state index in [1.807, 2.05) is 0 Å². The Morgan fingerprint density at radius 3 is 2.47 bits per heavy atom. The van der Waals surface area contributed by atoms with Crippen molar-refractivity contribution in [2.75, 3.05) is 0 Å². The van der Waals surface area contributed by atoms with Crippen LogP contribution in [0.1, 0.15) is 30.7 Å². The quantitative estimate of drug-likeness (QED) is 0.437. The summed E-state index contributed by atoms with van der Waals surface area (Å²) in [5.41, 5.74) is -1.24. The fourth-order valence-corrected chi connectivity index (χ4v) is 3.15. The molecule has 0 fully saturated rings. The lowest BCUT2D eigenvalue weighted by Crippen LogP contribution is -2.41. The predicted molar refractivity (Wildman–Crippen MR) is 110 cm³/mol. The molecule has 2 aromatic heterocycles. The number of hydrogen-bond acceptors (Lipinski definition) is 5. The Morgan fingerprint density at radius 1 is 1.13 bits per heavy atom. The summed E-state index contributed by atoms with van der Waals surface area (Å²) in [6.07, 6.45) is 6.02. The van der Waals surface area contributed by atoms with Crippen LogP contribution in [0.2, 0.25) is 0 Å². The van der Waals surface area contributed by atoms with Crippen LogP contribution in [0.15, 0.2) is 46.2 Å². The molecule has 0 radical (unpaired) electrons. The smallest absolute Gasteiger partial charge is 0.288 e. The number of nitro groups is 1. The highest BCUT2D eigenvalue weighted by atomic mass is 19.1. The number of halogens is 1. The molecule has 0 aliphatic heterocycles.